The van der Waals surface area contributed by atoms with Gasteiger partial charge in [-0.15, -0.1) is 0 Å². The molecular weight excluding hydrogens is 428 g/mol. The van der Waals surface area contributed by atoms with Crippen molar-refractivity contribution >= 4 is 34.5 Å². The van der Waals surface area contributed by atoms with E-state index in [9.17, 15) is 14.7 Å². The van der Waals surface area contributed by atoms with Gasteiger partial charge in [-0.05, 0) is 37.1 Å². The molecule has 1 aromatic heterocycles. The van der Waals surface area contributed by atoms with E-state index < -0.39 is 6.09 Å². The Hall–Kier alpha value is -3.16. The Morgan fingerprint density at radius 2 is 1.91 bits per heavy atom. The summed E-state index contributed by atoms with van der Waals surface area (Å²) in [4.78, 5) is 32.3. The van der Waals surface area contributed by atoms with Crippen LogP contribution in [-0.2, 0) is 6.54 Å². The summed E-state index contributed by atoms with van der Waals surface area (Å²) in [6, 6.07) is 12.9. The minimum atomic E-state index is -0.962. The van der Waals surface area contributed by atoms with Gasteiger partial charge < -0.3 is 20.6 Å². The molecule has 1 aliphatic heterocycles. The normalized spacial score (nSPS) is 16.4. The lowest BCUT2D eigenvalue weighted by Gasteiger charge is -2.38. The number of amides is 2. The first-order valence-electron chi connectivity index (χ1n) is 10.5. The van der Waals surface area contributed by atoms with E-state index in [0.29, 0.717) is 42.3 Å². The first-order chi connectivity index (χ1) is 15.3. The van der Waals surface area contributed by atoms with Crippen LogP contribution >= 0.6 is 11.6 Å². The third kappa shape index (κ3) is 4.01. The number of hydrogen-bond donors (Lipinski definition) is 2. The fraction of sp³-hybridized carbons (Fsp3) is 0.292. The lowest BCUT2D eigenvalue weighted by molar-refractivity contribution is 0.0507. The Morgan fingerprint density at radius 3 is 2.53 bits per heavy atom. The zero-order chi connectivity index (χ0) is 23.0. The van der Waals surface area contributed by atoms with Gasteiger partial charge in [0.25, 0.3) is 5.91 Å². The minimum Gasteiger partial charge on any atom is -0.465 e. The van der Waals surface area contributed by atoms with E-state index in [4.69, 9.17) is 22.3 Å². The minimum absolute atomic E-state index is 0.142. The lowest BCUT2D eigenvalue weighted by atomic mass is 10.0. The number of piperazine rings is 1. The second kappa shape index (κ2) is 8.76. The van der Waals surface area contributed by atoms with E-state index in [2.05, 4.69) is 0 Å². The maximum Gasteiger partial charge on any atom is 0.407 e. The summed E-state index contributed by atoms with van der Waals surface area (Å²) in [5, 5.41) is 10.7. The fourth-order valence-electron chi connectivity index (χ4n) is 4.14. The Kier molecular flexibility index (Phi) is 6.04. The summed E-state index contributed by atoms with van der Waals surface area (Å²) >= 11 is 6.67. The van der Waals surface area contributed by atoms with Crippen molar-refractivity contribution in [2.75, 3.05) is 19.6 Å². The number of halogens is 1. The largest absolute Gasteiger partial charge is 0.465 e. The van der Waals surface area contributed by atoms with Gasteiger partial charge >= 0.3 is 6.09 Å². The molecule has 1 atom stereocenters. The standard InChI is InChI=1S/C24H25ClN4O3/c1-14-13-28(9-10-29(14)24(31)32)23(30)18-7-8-19-20(11-18)27-22(15(2)21(19)25)17-5-3-16(12-26)4-6-17/h3-8,11,14H,9-10,12-13,26H2,1-2H3,(H,31,32)/t14-/m1/s1. The van der Waals surface area contributed by atoms with Crippen LogP contribution in [0.15, 0.2) is 42.5 Å². The summed E-state index contributed by atoms with van der Waals surface area (Å²) < 4.78 is 0. The maximum atomic E-state index is 13.1. The number of benzene rings is 2. The Labute approximate surface area is 191 Å². The van der Waals surface area contributed by atoms with Crippen LogP contribution in [0.25, 0.3) is 22.2 Å². The van der Waals surface area contributed by atoms with E-state index in [0.717, 1.165) is 27.8 Å². The van der Waals surface area contributed by atoms with Crippen molar-refractivity contribution < 1.29 is 14.7 Å². The second-order valence-corrected chi connectivity index (χ2v) is 8.49. The van der Waals surface area contributed by atoms with Gasteiger partial charge in [0.05, 0.1) is 16.2 Å². The van der Waals surface area contributed by atoms with Gasteiger partial charge in [0.15, 0.2) is 0 Å². The number of carbonyl (C=O) groups excluding carboxylic acids is 1. The van der Waals surface area contributed by atoms with Crippen molar-refractivity contribution in [2.24, 2.45) is 5.73 Å². The van der Waals surface area contributed by atoms with Crippen LogP contribution in [0.2, 0.25) is 5.02 Å². The van der Waals surface area contributed by atoms with Crippen LogP contribution < -0.4 is 5.73 Å². The number of hydrogen-bond acceptors (Lipinski definition) is 4. The van der Waals surface area contributed by atoms with Gasteiger partial charge in [0.2, 0.25) is 0 Å². The van der Waals surface area contributed by atoms with Crippen molar-refractivity contribution in [1.82, 2.24) is 14.8 Å². The van der Waals surface area contributed by atoms with Crippen LogP contribution in [0, 0.1) is 6.92 Å². The molecule has 2 amide bonds. The predicted molar refractivity (Wildman–Crippen MR) is 125 cm³/mol. The molecule has 0 bridgehead atoms. The number of rotatable bonds is 3. The molecule has 1 saturated heterocycles. The number of nitrogens with two attached hydrogens (primary N) is 1. The van der Waals surface area contributed by atoms with E-state index in [1.54, 1.807) is 24.0 Å². The topological polar surface area (TPSA) is 99.8 Å². The fourth-order valence-corrected chi connectivity index (χ4v) is 4.39. The second-order valence-electron chi connectivity index (χ2n) is 8.11. The molecular formula is C24H25ClN4O3. The monoisotopic (exact) mass is 452 g/mol. The average Bonchev–Trinajstić information content (AvgIpc) is 2.80. The number of carbonyl (C=O) groups is 2. The van der Waals surface area contributed by atoms with Gasteiger partial charge in [-0.25, -0.2) is 9.78 Å². The van der Waals surface area contributed by atoms with Crippen LogP contribution in [-0.4, -0.2) is 57.6 Å². The van der Waals surface area contributed by atoms with Crippen LogP contribution in [0.5, 0.6) is 0 Å². The molecule has 3 N–H and O–H groups in total. The molecule has 7 nitrogen and oxygen atoms in total. The molecule has 2 heterocycles. The molecule has 2 aromatic carbocycles. The molecule has 1 fully saturated rings. The summed E-state index contributed by atoms with van der Waals surface area (Å²) in [5.74, 6) is -0.142. The predicted octanol–water partition coefficient (Wildman–Crippen LogP) is 4.15. The van der Waals surface area contributed by atoms with Crippen molar-refractivity contribution in [2.45, 2.75) is 26.4 Å². The number of nitrogens with zero attached hydrogens (tertiary/aromatic N) is 3. The molecule has 0 saturated carbocycles. The van der Waals surface area contributed by atoms with Crippen molar-refractivity contribution in [3.05, 3.63) is 64.2 Å². The molecule has 166 valence electrons. The average molecular weight is 453 g/mol. The van der Waals surface area contributed by atoms with Gasteiger partial charge in [-0.2, -0.15) is 0 Å². The molecule has 3 aromatic rings. The number of fused-ring (bicyclic) bond motifs is 1. The third-order valence-corrected chi connectivity index (χ3v) is 6.51. The Morgan fingerprint density at radius 1 is 1.19 bits per heavy atom. The molecule has 1 aliphatic rings. The molecule has 0 unspecified atom stereocenters. The van der Waals surface area contributed by atoms with Crippen LogP contribution in [0.1, 0.15) is 28.4 Å². The van der Waals surface area contributed by atoms with Gasteiger partial charge in [0.1, 0.15) is 0 Å². The van der Waals surface area contributed by atoms with Crippen molar-refractivity contribution in [3.63, 3.8) is 0 Å². The first-order valence-corrected chi connectivity index (χ1v) is 10.9. The smallest absolute Gasteiger partial charge is 0.407 e. The zero-order valence-electron chi connectivity index (χ0n) is 18.0. The highest BCUT2D eigenvalue weighted by Gasteiger charge is 2.30. The van der Waals surface area contributed by atoms with Gasteiger partial charge in [-0.1, -0.05) is 41.9 Å². The first kappa shape index (κ1) is 22.0. The summed E-state index contributed by atoms with van der Waals surface area (Å²) in [6.07, 6.45) is -0.962. The highest BCUT2D eigenvalue weighted by atomic mass is 35.5. The van der Waals surface area contributed by atoms with Gasteiger partial charge in [0, 0.05) is 48.7 Å². The lowest BCUT2D eigenvalue weighted by Crippen LogP contribution is -2.55. The maximum absolute atomic E-state index is 13.1. The van der Waals surface area contributed by atoms with E-state index in [1.165, 1.54) is 4.90 Å². The third-order valence-electron chi connectivity index (χ3n) is 6.02. The highest BCUT2D eigenvalue weighted by Crippen LogP contribution is 2.33. The molecule has 0 spiro atoms. The molecule has 4 rings (SSSR count). The van der Waals surface area contributed by atoms with Crippen LogP contribution in [0.3, 0.4) is 0 Å². The number of carboxylic acid groups (broad SMARTS) is 1. The van der Waals surface area contributed by atoms with E-state index in [-0.39, 0.29) is 11.9 Å². The highest BCUT2D eigenvalue weighted by molar-refractivity contribution is 6.36. The van der Waals surface area contributed by atoms with E-state index >= 15 is 0 Å². The SMILES string of the molecule is Cc1c(-c2ccc(CN)cc2)nc2cc(C(=O)N3CCN(C(=O)O)[C@H](C)C3)ccc2c1Cl. The molecule has 32 heavy (non-hydrogen) atoms. The number of aromatic nitrogens is 1. The van der Waals surface area contributed by atoms with E-state index in [1.807, 2.05) is 37.3 Å². The van der Waals surface area contributed by atoms with Crippen molar-refractivity contribution in [1.29, 1.82) is 0 Å². The molecule has 0 radical (unpaired) electrons. The summed E-state index contributed by atoms with van der Waals surface area (Å²) in [5.41, 5.74) is 10.4. The molecule has 8 heteroatoms. The van der Waals surface area contributed by atoms with Gasteiger partial charge in [-0.3, -0.25) is 4.79 Å². The Balaban J connectivity index is 1.68. The summed E-state index contributed by atoms with van der Waals surface area (Å²) in [7, 11) is 0. The number of pyridine rings is 1. The Bertz CT molecular complexity index is 1200. The van der Waals surface area contributed by atoms with Crippen LogP contribution in [0.4, 0.5) is 4.79 Å². The van der Waals surface area contributed by atoms with Crippen molar-refractivity contribution in [3.8, 4) is 11.3 Å². The quantitative estimate of drug-likeness (QED) is 0.621. The molecule has 0 aliphatic carbocycles. The summed E-state index contributed by atoms with van der Waals surface area (Å²) in [6.45, 7) is 5.21. The zero-order valence-corrected chi connectivity index (χ0v) is 18.8.